The van der Waals surface area contributed by atoms with E-state index in [4.69, 9.17) is 0 Å². The molecule has 0 spiro atoms. The standard InChI is InChI=1S/C8H8BrNO2.Na/c1-5-2-3-6(9)7(10-5)4-8(11)12;/h2-3H,4H2,1H3,(H,11,12);/q;+1/p-1. The molecule has 0 fully saturated rings. The van der Waals surface area contributed by atoms with Crippen molar-refractivity contribution in [2.75, 3.05) is 0 Å². The van der Waals surface area contributed by atoms with Crippen molar-refractivity contribution >= 4 is 21.9 Å². The smallest absolute Gasteiger partial charge is 0.550 e. The average Bonchev–Trinajstić information content (AvgIpc) is 1.96. The fourth-order valence-electron chi connectivity index (χ4n) is 0.854. The van der Waals surface area contributed by atoms with Crippen LogP contribution < -0.4 is 34.7 Å². The molecule has 0 saturated carbocycles. The zero-order chi connectivity index (χ0) is 9.14. The Bertz CT molecular complexity index is 317. The quantitative estimate of drug-likeness (QED) is 0.544. The summed E-state index contributed by atoms with van der Waals surface area (Å²) in [6.45, 7) is 1.81. The summed E-state index contributed by atoms with van der Waals surface area (Å²) in [7, 11) is 0. The number of halogens is 1. The Kier molecular flexibility index (Phi) is 5.80. The third-order valence-corrected chi connectivity index (χ3v) is 2.09. The number of aryl methyl sites for hydroxylation is 1. The van der Waals surface area contributed by atoms with Crippen LogP contribution in [0.15, 0.2) is 16.6 Å². The summed E-state index contributed by atoms with van der Waals surface area (Å²) in [5, 5.41) is 10.3. The van der Waals surface area contributed by atoms with Gasteiger partial charge in [0.2, 0.25) is 0 Å². The first-order valence-corrected chi connectivity index (χ1v) is 4.21. The van der Waals surface area contributed by atoms with Gasteiger partial charge in [-0.05, 0) is 35.0 Å². The van der Waals surface area contributed by atoms with E-state index in [1.54, 1.807) is 6.07 Å². The van der Waals surface area contributed by atoms with E-state index in [1.807, 2.05) is 13.0 Å². The van der Waals surface area contributed by atoms with Crippen LogP contribution in [0.25, 0.3) is 0 Å². The van der Waals surface area contributed by atoms with Gasteiger partial charge in [-0.2, -0.15) is 0 Å². The molecule has 0 amide bonds. The van der Waals surface area contributed by atoms with Crippen LogP contribution in [-0.2, 0) is 11.2 Å². The van der Waals surface area contributed by atoms with E-state index in [1.165, 1.54) is 0 Å². The normalized spacial score (nSPS) is 9.08. The van der Waals surface area contributed by atoms with Crippen LogP contribution in [0.3, 0.4) is 0 Å². The van der Waals surface area contributed by atoms with Gasteiger partial charge in [-0.1, -0.05) is 0 Å². The van der Waals surface area contributed by atoms with Crippen LogP contribution in [0.2, 0.25) is 0 Å². The van der Waals surface area contributed by atoms with Crippen LogP contribution in [0, 0.1) is 6.92 Å². The van der Waals surface area contributed by atoms with Crippen molar-refractivity contribution in [3.63, 3.8) is 0 Å². The third kappa shape index (κ3) is 4.22. The fourth-order valence-corrected chi connectivity index (χ4v) is 1.22. The first kappa shape index (κ1) is 13.1. The molecule has 1 aromatic rings. The van der Waals surface area contributed by atoms with Gasteiger partial charge in [0.1, 0.15) is 0 Å². The van der Waals surface area contributed by atoms with Gasteiger partial charge in [0, 0.05) is 22.6 Å². The summed E-state index contributed by atoms with van der Waals surface area (Å²) in [6, 6.07) is 3.59. The minimum absolute atomic E-state index is 0. The molecule has 0 aliphatic rings. The molecular weight excluding hydrogens is 245 g/mol. The minimum atomic E-state index is -1.12. The predicted molar refractivity (Wildman–Crippen MR) is 45.4 cm³/mol. The Morgan fingerprint density at radius 3 is 2.77 bits per heavy atom. The number of carbonyl (C=O) groups is 1. The molecule has 0 bridgehead atoms. The number of aromatic nitrogens is 1. The Morgan fingerprint density at radius 2 is 2.23 bits per heavy atom. The summed E-state index contributed by atoms with van der Waals surface area (Å²) in [5.74, 6) is -1.12. The van der Waals surface area contributed by atoms with Gasteiger partial charge in [0.15, 0.2) is 0 Å². The summed E-state index contributed by atoms with van der Waals surface area (Å²) in [5.41, 5.74) is 1.31. The number of rotatable bonds is 2. The largest absolute Gasteiger partial charge is 1.00 e. The molecule has 0 unspecified atom stereocenters. The van der Waals surface area contributed by atoms with Crippen molar-refractivity contribution < 1.29 is 39.5 Å². The summed E-state index contributed by atoms with van der Waals surface area (Å²) in [4.78, 5) is 14.3. The Labute approximate surface area is 107 Å². The maximum atomic E-state index is 10.3. The van der Waals surface area contributed by atoms with Crippen molar-refractivity contribution in [1.82, 2.24) is 4.98 Å². The second-order valence-corrected chi connectivity index (χ2v) is 3.28. The Hall–Kier alpha value is 0.100. The molecule has 5 heteroatoms. The van der Waals surface area contributed by atoms with E-state index in [-0.39, 0.29) is 36.0 Å². The average molecular weight is 252 g/mol. The first-order valence-electron chi connectivity index (χ1n) is 3.41. The van der Waals surface area contributed by atoms with Gasteiger partial charge < -0.3 is 9.90 Å². The van der Waals surface area contributed by atoms with E-state index in [0.29, 0.717) is 10.2 Å². The first-order chi connectivity index (χ1) is 5.59. The molecule has 3 nitrogen and oxygen atoms in total. The van der Waals surface area contributed by atoms with Crippen LogP contribution in [0.5, 0.6) is 0 Å². The van der Waals surface area contributed by atoms with E-state index in [9.17, 15) is 9.90 Å². The van der Waals surface area contributed by atoms with Crippen molar-refractivity contribution in [3.8, 4) is 0 Å². The topological polar surface area (TPSA) is 53.0 Å². The molecule has 0 aliphatic heterocycles. The van der Waals surface area contributed by atoms with E-state index in [0.717, 1.165) is 5.69 Å². The molecule has 0 radical (unpaired) electrons. The maximum Gasteiger partial charge on any atom is 1.00 e. The van der Waals surface area contributed by atoms with Crippen LogP contribution in [-0.4, -0.2) is 11.0 Å². The van der Waals surface area contributed by atoms with Crippen molar-refractivity contribution in [1.29, 1.82) is 0 Å². The van der Waals surface area contributed by atoms with Crippen molar-refractivity contribution in [2.45, 2.75) is 13.3 Å². The van der Waals surface area contributed by atoms with Gasteiger partial charge in [0.25, 0.3) is 0 Å². The number of hydrogen-bond acceptors (Lipinski definition) is 3. The molecule has 1 aromatic heterocycles. The van der Waals surface area contributed by atoms with Gasteiger partial charge in [0.05, 0.1) is 5.69 Å². The number of nitrogens with zero attached hydrogens (tertiary/aromatic N) is 1. The monoisotopic (exact) mass is 251 g/mol. The maximum absolute atomic E-state index is 10.3. The summed E-state index contributed by atoms with van der Waals surface area (Å²) < 4.78 is 0.706. The molecule has 0 aromatic carbocycles. The zero-order valence-corrected chi connectivity index (χ0v) is 11.1. The van der Waals surface area contributed by atoms with Crippen LogP contribution in [0.1, 0.15) is 11.4 Å². The van der Waals surface area contributed by atoms with E-state index < -0.39 is 5.97 Å². The summed E-state index contributed by atoms with van der Waals surface area (Å²) in [6.07, 6.45) is -0.151. The third-order valence-electron chi connectivity index (χ3n) is 1.37. The molecule has 13 heavy (non-hydrogen) atoms. The number of carboxylic acids is 1. The molecule has 1 rings (SSSR count). The van der Waals surface area contributed by atoms with Crippen LogP contribution >= 0.6 is 15.9 Å². The SMILES string of the molecule is Cc1ccc(Br)c(CC(=O)[O-])n1.[Na+]. The second-order valence-electron chi connectivity index (χ2n) is 2.43. The van der Waals surface area contributed by atoms with Gasteiger partial charge >= 0.3 is 29.6 Å². The van der Waals surface area contributed by atoms with E-state index >= 15 is 0 Å². The van der Waals surface area contributed by atoms with Gasteiger partial charge in [-0.3, -0.25) is 4.98 Å². The summed E-state index contributed by atoms with van der Waals surface area (Å²) >= 11 is 3.21. The number of carbonyl (C=O) groups excluding carboxylic acids is 1. The van der Waals surface area contributed by atoms with Gasteiger partial charge in [-0.15, -0.1) is 0 Å². The van der Waals surface area contributed by atoms with E-state index in [2.05, 4.69) is 20.9 Å². The Morgan fingerprint density at radius 1 is 1.62 bits per heavy atom. The minimum Gasteiger partial charge on any atom is -0.550 e. The van der Waals surface area contributed by atoms with Crippen LogP contribution in [0.4, 0.5) is 0 Å². The predicted octanol–water partition coefficient (Wildman–Crippen LogP) is -2.55. The molecule has 0 atom stereocenters. The molecule has 1 heterocycles. The second kappa shape index (κ2) is 5.75. The molecule has 0 aliphatic carbocycles. The number of pyridine rings is 1. The zero-order valence-electron chi connectivity index (χ0n) is 7.50. The Balaban J connectivity index is 0.00000144. The van der Waals surface area contributed by atoms with Crippen molar-refractivity contribution in [3.05, 3.63) is 28.0 Å². The molecule has 64 valence electrons. The number of hydrogen-bond donors (Lipinski definition) is 0. The molecule has 0 N–H and O–H groups in total. The molecule has 0 saturated heterocycles. The molecular formula is C8H7BrNNaO2. The number of carboxylic acid groups (broad SMARTS) is 1. The number of aliphatic carboxylic acids is 1. The van der Waals surface area contributed by atoms with Crippen molar-refractivity contribution in [2.24, 2.45) is 0 Å². The van der Waals surface area contributed by atoms with Gasteiger partial charge in [-0.25, -0.2) is 0 Å². The fraction of sp³-hybridized carbons (Fsp3) is 0.250.